The second-order valence-corrected chi connectivity index (χ2v) is 9.44. The zero-order valence-corrected chi connectivity index (χ0v) is 20.3. The quantitative estimate of drug-likeness (QED) is 0.401. The SMILES string of the molecule is CCC1=C(CC)N(c2c(-c3cc(C)cc(C)c3)cccc2-c2cc(C)cc(C)c2)[C]S1. The van der Waals surface area contributed by atoms with Gasteiger partial charge in [0.25, 0.3) is 0 Å². The maximum absolute atomic E-state index is 3.63. The summed E-state index contributed by atoms with van der Waals surface area (Å²) >= 11 is 1.75. The third-order valence-corrected chi connectivity index (χ3v) is 6.88. The number of hydrogen-bond donors (Lipinski definition) is 0. The molecule has 0 aliphatic carbocycles. The van der Waals surface area contributed by atoms with E-state index in [0.717, 1.165) is 12.8 Å². The van der Waals surface area contributed by atoms with E-state index in [4.69, 9.17) is 0 Å². The number of para-hydroxylation sites is 1. The Labute approximate surface area is 192 Å². The molecule has 4 rings (SSSR count). The van der Waals surface area contributed by atoms with Crippen LogP contribution >= 0.6 is 11.8 Å². The van der Waals surface area contributed by atoms with Crippen molar-refractivity contribution in [1.29, 1.82) is 0 Å². The van der Waals surface area contributed by atoms with Crippen molar-refractivity contribution in [1.82, 2.24) is 0 Å². The van der Waals surface area contributed by atoms with Gasteiger partial charge in [0.15, 0.2) is 5.88 Å². The molecule has 2 radical (unpaired) electrons. The van der Waals surface area contributed by atoms with Crippen molar-refractivity contribution < 1.29 is 0 Å². The van der Waals surface area contributed by atoms with Gasteiger partial charge in [-0.15, -0.1) is 0 Å². The highest BCUT2D eigenvalue weighted by molar-refractivity contribution is 8.05. The molecule has 0 amide bonds. The molecule has 31 heavy (non-hydrogen) atoms. The minimum absolute atomic E-state index is 0.997. The van der Waals surface area contributed by atoms with Gasteiger partial charge >= 0.3 is 0 Å². The van der Waals surface area contributed by atoms with Gasteiger partial charge in [-0.2, -0.15) is 0 Å². The van der Waals surface area contributed by atoms with E-state index >= 15 is 0 Å². The second-order valence-electron chi connectivity index (χ2n) is 8.56. The summed E-state index contributed by atoms with van der Waals surface area (Å²) in [4.78, 5) is 3.76. The fraction of sp³-hybridized carbons (Fsp3) is 0.276. The van der Waals surface area contributed by atoms with Gasteiger partial charge in [-0.25, -0.2) is 0 Å². The van der Waals surface area contributed by atoms with Crippen LogP contribution in [0.3, 0.4) is 0 Å². The van der Waals surface area contributed by atoms with E-state index in [2.05, 4.69) is 107 Å². The van der Waals surface area contributed by atoms with Crippen LogP contribution < -0.4 is 4.90 Å². The molecule has 1 nitrogen and oxygen atoms in total. The van der Waals surface area contributed by atoms with Crippen LogP contribution in [0.2, 0.25) is 0 Å². The normalized spacial score (nSPS) is 13.9. The highest BCUT2D eigenvalue weighted by Gasteiger charge is 2.28. The van der Waals surface area contributed by atoms with Crippen LogP contribution in [0.25, 0.3) is 22.3 Å². The molecule has 0 fully saturated rings. The van der Waals surface area contributed by atoms with Crippen LogP contribution in [0.4, 0.5) is 5.69 Å². The molecule has 0 N–H and O–H groups in total. The summed E-state index contributed by atoms with van der Waals surface area (Å²) in [7, 11) is 0. The lowest BCUT2D eigenvalue weighted by atomic mass is 9.92. The maximum Gasteiger partial charge on any atom is 0.169 e. The fourth-order valence-corrected chi connectivity index (χ4v) is 5.56. The molecule has 0 atom stereocenters. The zero-order valence-electron chi connectivity index (χ0n) is 19.5. The molecule has 3 aromatic carbocycles. The van der Waals surface area contributed by atoms with Crippen LogP contribution in [0.5, 0.6) is 0 Å². The number of nitrogens with zero attached hydrogens (tertiary/aromatic N) is 1. The summed E-state index contributed by atoms with van der Waals surface area (Å²) in [6.07, 6.45) is 2.04. The van der Waals surface area contributed by atoms with Crippen molar-refractivity contribution in [3.63, 3.8) is 0 Å². The first-order valence-electron chi connectivity index (χ1n) is 11.2. The first kappa shape index (κ1) is 21.8. The summed E-state index contributed by atoms with van der Waals surface area (Å²) < 4.78 is 0. The van der Waals surface area contributed by atoms with Gasteiger partial charge in [-0.1, -0.05) is 102 Å². The maximum atomic E-state index is 3.63. The summed E-state index contributed by atoms with van der Waals surface area (Å²) in [5.41, 5.74) is 12.9. The van der Waals surface area contributed by atoms with Crippen molar-refractivity contribution in [2.75, 3.05) is 4.90 Å². The van der Waals surface area contributed by atoms with Crippen molar-refractivity contribution in [2.45, 2.75) is 54.4 Å². The van der Waals surface area contributed by atoms with Crippen LogP contribution in [0.1, 0.15) is 48.9 Å². The molecule has 0 saturated heterocycles. The Morgan fingerprint density at radius 1 is 0.710 bits per heavy atom. The van der Waals surface area contributed by atoms with Gasteiger partial charge in [-0.3, -0.25) is 0 Å². The molecule has 0 spiro atoms. The molecule has 1 heterocycles. The van der Waals surface area contributed by atoms with Gasteiger partial charge in [0.1, 0.15) is 0 Å². The van der Waals surface area contributed by atoms with Gasteiger partial charge in [-0.05, 0) is 51.7 Å². The van der Waals surface area contributed by atoms with E-state index in [9.17, 15) is 0 Å². The Morgan fingerprint density at radius 3 is 1.61 bits per heavy atom. The standard InChI is InChI=1S/C29H31NS/c1-7-27-28(8-2)31-18-30(27)29-25(23-14-19(3)12-20(4)15-23)10-9-11-26(29)24-16-21(5)13-22(6)17-24/h9-17H,7-8H2,1-6H3. The van der Waals surface area contributed by atoms with Crippen molar-refractivity contribution in [3.8, 4) is 22.3 Å². The highest BCUT2D eigenvalue weighted by atomic mass is 32.2. The van der Waals surface area contributed by atoms with Crippen LogP contribution in [0, 0.1) is 33.6 Å². The lowest BCUT2D eigenvalue weighted by molar-refractivity contribution is 0.982. The Bertz CT molecular complexity index is 1050. The van der Waals surface area contributed by atoms with Gasteiger partial charge in [0, 0.05) is 21.7 Å². The van der Waals surface area contributed by atoms with Crippen molar-refractivity contribution in [3.05, 3.63) is 93.3 Å². The second kappa shape index (κ2) is 8.96. The molecule has 158 valence electrons. The number of aryl methyl sites for hydroxylation is 4. The van der Waals surface area contributed by atoms with E-state index in [1.165, 1.54) is 60.8 Å². The van der Waals surface area contributed by atoms with Crippen LogP contribution in [-0.2, 0) is 0 Å². The topological polar surface area (TPSA) is 3.24 Å². The van der Waals surface area contributed by atoms with Gasteiger partial charge in [0.2, 0.25) is 0 Å². The summed E-state index contributed by atoms with van der Waals surface area (Å²) in [6, 6.07) is 20.4. The average molecular weight is 426 g/mol. The smallest absolute Gasteiger partial charge is 0.169 e. The number of thioether (sulfide) groups is 1. The van der Waals surface area contributed by atoms with Crippen molar-refractivity contribution >= 4 is 17.4 Å². The van der Waals surface area contributed by atoms with Crippen molar-refractivity contribution in [2.24, 2.45) is 0 Å². The predicted octanol–water partition coefficient (Wildman–Crippen LogP) is 8.84. The van der Waals surface area contributed by atoms with E-state index in [1.54, 1.807) is 11.8 Å². The van der Waals surface area contributed by atoms with E-state index in [0.29, 0.717) is 0 Å². The average Bonchev–Trinajstić information content (AvgIpc) is 3.14. The number of rotatable bonds is 5. The molecule has 0 saturated carbocycles. The lowest BCUT2D eigenvalue weighted by Gasteiger charge is -2.27. The Morgan fingerprint density at radius 2 is 1.19 bits per heavy atom. The molecule has 2 heteroatoms. The molecule has 0 bridgehead atoms. The number of hydrogen-bond acceptors (Lipinski definition) is 2. The van der Waals surface area contributed by atoms with Crippen LogP contribution in [0.15, 0.2) is 65.2 Å². The molecule has 1 aliphatic heterocycles. The Balaban J connectivity index is 2.02. The summed E-state index contributed by atoms with van der Waals surface area (Å²) in [5.74, 6) is 3.63. The first-order valence-corrected chi connectivity index (χ1v) is 12.0. The molecular formula is C29H31NS. The minimum Gasteiger partial charge on any atom is -0.321 e. The predicted molar refractivity (Wildman–Crippen MR) is 137 cm³/mol. The summed E-state index contributed by atoms with van der Waals surface area (Å²) in [6.45, 7) is 13.2. The highest BCUT2D eigenvalue weighted by Crippen LogP contribution is 2.49. The monoisotopic (exact) mass is 425 g/mol. The van der Waals surface area contributed by atoms with E-state index < -0.39 is 0 Å². The zero-order chi connectivity index (χ0) is 22.1. The van der Waals surface area contributed by atoms with E-state index in [-0.39, 0.29) is 0 Å². The number of benzene rings is 3. The molecule has 1 aliphatic rings. The Kier molecular flexibility index (Phi) is 6.29. The third-order valence-electron chi connectivity index (χ3n) is 5.83. The van der Waals surface area contributed by atoms with E-state index in [1.807, 2.05) is 0 Å². The summed E-state index contributed by atoms with van der Waals surface area (Å²) in [5, 5.41) is 0. The lowest BCUT2D eigenvalue weighted by Crippen LogP contribution is -2.16. The third kappa shape index (κ3) is 4.32. The minimum atomic E-state index is 0.997. The molecule has 0 unspecified atom stereocenters. The molecule has 0 aromatic heterocycles. The van der Waals surface area contributed by atoms with Gasteiger partial charge < -0.3 is 4.90 Å². The number of allylic oxidation sites excluding steroid dienone is 2. The Hall–Kier alpha value is -2.45. The number of anilines is 1. The van der Waals surface area contributed by atoms with Crippen LogP contribution in [-0.4, -0.2) is 0 Å². The van der Waals surface area contributed by atoms with Gasteiger partial charge in [0.05, 0.1) is 5.69 Å². The molecule has 3 aromatic rings. The fourth-order valence-electron chi connectivity index (χ4n) is 4.66. The largest absolute Gasteiger partial charge is 0.321 e. The molecular weight excluding hydrogens is 394 g/mol. The first-order chi connectivity index (χ1) is 14.9.